The number of aryl methyl sites for hydroxylation is 1. The van der Waals surface area contributed by atoms with Crippen molar-refractivity contribution < 1.29 is 9.32 Å². The molecule has 0 radical (unpaired) electrons. The molecule has 20 heavy (non-hydrogen) atoms. The first-order valence-corrected chi connectivity index (χ1v) is 6.93. The Morgan fingerprint density at radius 2 is 2.40 bits per heavy atom. The van der Waals surface area contributed by atoms with Crippen LogP contribution in [0.3, 0.4) is 0 Å². The number of nitrogens with zero attached hydrogens (tertiary/aromatic N) is 2. The number of nitrogens with two attached hydrogens (primary N) is 1. The molecule has 0 bridgehead atoms. The summed E-state index contributed by atoms with van der Waals surface area (Å²) < 4.78 is 4.97. The SMILES string of the molecule is Cc1cnoc1C(=O)N(C)Cc1cc(C#CCN)cs1. The van der Waals surface area contributed by atoms with Crippen LogP contribution in [0.4, 0.5) is 0 Å². The standard InChI is InChI=1S/C14H15N3O2S/c1-10-7-16-19-13(10)14(18)17(2)8-12-6-11(9-20-12)4-3-5-15/h6-7,9H,5,8,15H2,1-2H3. The van der Waals surface area contributed by atoms with Gasteiger partial charge in [0.05, 0.1) is 19.3 Å². The molecule has 0 aliphatic carbocycles. The van der Waals surface area contributed by atoms with E-state index in [0.717, 1.165) is 16.0 Å². The summed E-state index contributed by atoms with van der Waals surface area (Å²) in [6.07, 6.45) is 1.53. The molecule has 2 rings (SSSR count). The molecule has 2 heterocycles. The van der Waals surface area contributed by atoms with E-state index >= 15 is 0 Å². The Labute approximate surface area is 121 Å². The van der Waals surface area contributed by atoms with E-state index in [1.54, 1.807) is 30.2 Å². The molecule has 5 nitrogen and oxygen atoms in total. The fourth-order valence-electron chi connectivity index (χ4n) is 1.66. The third kappa shape index (κ3) is 3.26. The maximum Gasteiger partial charge on any atom is 0.292 e. The maximum absolute atomic E-state index is 12.2. The highest BCUT2D eigenvalue weighted by atomic mass is 32.1. The Kier molecular flexibility index (Phi) is 4.56. The first-order valence-electron chi connectivity index (χ1n) is 6.05. The van der Waals surface area contributed by atoms with Gasteiger partial charge in [0.2, 0.25) is 5.76 Å². The minimum atomic E-state index is -0.178. The predicted molar refractivity (Wildman–Crippen MR) is 77.3 cm³/mol. The normalized spacial score (nSPS) is 9.95. The average Bonchev–Trinajstić information content (AvgIpc) is 3.04. The second-order valence-electron chi connectivity index (χ2n) is 4.31. The number of carbonyl (C=O) groups is 1. The van der Waals surface area contributed by atoms with Gasteiger partial charge in [0.25, 0.3) is 5.91 Å². The van der Waals surface area contributed by atoms with E-state index in [-0.39, 0.29) is 11.7 Å². The zero-order chi connectivity index (χ0) is 14.5. The van der Waals surface area contributed by atoms with Gasteiger partial charge in [-0.25, -0.2) is 0 Å². The lowest BCUT2D eigenvalue weighted by molar-refractivity contribution is 0.0744. The molecule has 0 aliphatic rings. The van der Waals surface area contributed by atoms with Gasteiger partial charge >= 0.3 is 0 Å². The Hall–Kier alpha value is -2.10. The summed E-state index contributed by atoms with van der Waals surface area (Å²) in [5.41, 5.74) is 6.99. The van der Waals surface area contributed by atoms with Gasteiger partial charge < -0.3 is 15.2 Å². The molecule has 2 aromatic rings. The van der Waals surface area contributed by atoms with Gasteiger partial charge in [-0.05, 0) is 13.0 Å². The topological polar surface area (TPSA) is 72.4 Å². The minimum Gasteiger partial charge on any atom is -0.351 e. The molecule has 2 aromatic heterocycles. The van der Waals surface area contributed by atoms with E-state index in [1.807, 2.05) is 11.4 Å². The third-order valence-electron chi connectivity index (χ3n) is 2.67. The highest BCUT2D eigenvalue weighted by Crippen LogP contribution is 2.17. The van der Waals surface area contributed by atoms with E-state index in [1.165, 1.54) is 6.20 Å². The quantitative estimate of drug-likeness (QED) is 0.872. The van der Waals surface area contributed by atoms with Crippen LogP contribution in [0.5, 0.6) is 0 Å². The van der Waals surface area contributed by atoms with E-state index in [0.29, 0.717) is 13.1 Å². The maximum atomic E-state index is 12.2. The average molecular weight is 289 g/mol. The van der Waals surface area contributed by atoms with Gasteiger partial charge in [0.15, 0.2) is 0 Å². The summed E-state index contributed by atoms with van der Waals surface area (Å²) in [7, 11) is 1.73. The fraction of sp³-hybridized carbons (Fsp3) is 0.286. The number of hydrogen-bond donors (Lipinski definition) is 1. The van der Waals surface area contributed by atoms with Crippen LogP contribution in [-0.4, -0.2) is 29.6 Å². The zero-order valence-electron chi connectivity index (χ0n) is 11.3. The van der Waals surface area contributed by atoms with Crippen molar-refractivity contribution in [3.8, 4) is 11.8 Å². The van der Waals surface area contributed by atoms with Gasteiger partial charge in [-0.2, -0.15) is 0 Å². The lowest BCUT2D eigenvalue weighted by atomic mass is 10.2. The van der Waals surface area contributed by atoms with Gasteiger partial charge in [0, 0.05) is 28.4 Å². The highest BCUT2D eigenvalue weighted by molar-refractivity contribution is 7.10. The van der Waals surface area contributed by atoms with Crippen LogP contribution in [0.2, 0.25) is 0 Å². The first kappa shape index (κ1) is 14.3. The molecule has 0 saturated carbocycles. The Morgan fingerprint density at radius 1 is 1.60 bits per heavy atom. The molecular weight excluding hydrogens is 274 g/mol. The summed E-state index contributed by atoms with van der Waals surface area (Å²) in [6, 6.07) is 1.96. The van der Waals surface area contributed by atoms with Crippen LogP contribution in [0, 0.1) is 18.8 Å². The van der Waals surface area contributed by atoms with Crippen molar-refractivity contribution in [2.24, 2.45) is 5.73 Å². The summed E-state index contributed by atoms with van der Waals surface area (Å²) in [5.74, 6) is 5.88. The van der Waals surface area contributed by atoms with Crippen LogP contribution in [0.1, 0.15) is 26.6 Å². The van der Waals surface area contributed by atoms with Crippen molar-refractivity contribution >= 4 is 17.2 Å². The molecule has 0 aliphatic heterocycles. The minimum absolute atomic E-state index is 0.178. The molecule has 0 spiro atoms. The molecular formula is C14H15N3O2S. The van der Waals surface area contributed by atoms with Crippen molar-refractivity contribution in [2.45, 2.75) is 13.5 Å². The number of rotatable bonds is 3. The second kappa shape index (κ2) is 6.37. The van der Waals surface area contributed by atoms with E-state index in [2.05, 4.69) is 17.0 Å². The molecule has 0 unspecified atom stereocenters. The lowest BCUT2D eigenvalue weighted by Gasteiger charge is -2.14. The molecule has 2 N–H and O–H groups in total. The summed E-state index contributed by atoms with van der Waals surface area (Å²) >= 11 is 1.56. The van der Waals surface area contributed by atoms with Crippen LogP contribution in [0.15, 0.2) is 22.2 Å². The van der Waals surface area contributed by atoms with E-state index in [9.17, 15) is 4.79 Å². The van der Waals surface area contributed by atoms with Crippen molar-refractivity contribution in [1.82, 2.24) is 10.1 Å². The number of amides is 1. The van der Waals surface area contributed by atoms with Gasteiger partial charge in [-0.15, -0.1) is 11.3 Å². The number of aromatic nitrogens is 1. The van der Waals surface area contributed by atoms with Crippen LogP contribution in [0.25, 0.3) is 0 Å². The van der Waals surface area contributed by atoms with Crippen molar-refractivity contribution in [2.75, 3.05) is 13.6 Å². The summed E-state index contributed by atoms with van der Waals surface area (Å²) in [4.78, 5) is 14.8. The molecule has 0 aromatic carbocycles. The smallest absolute Gasteiger partial charge is 0.292 e. The zero-order valence-corrected chi connectivity index (χ0v) is 12.2. The van der Waals surface area contributed by atoms with Gasteiger partial charge in [0.1, 0.15) is 0 Å². The largest absolute Gasteiger partial charge is 0.351 e. The molecule has 0 saturated heterocycles. The van der Waals surface area contributed by atoms with Crippen LogP contribution in [-0.2, 0) is 6.54 Å². The molecule has 0 fully saturated rings. The van der Waals surface area contributed by atoms with Gasteiger partial charge in [-0.1, -0.05) is 17.0 Å². The molecule has 6 heteroatoms. The predicted octanol–water partition coefficient (Wildman–Crippen LogP) is 1.63. The number of hydrogen-bond acceptors (Lipinski definition) is 5. The second-order valence-corrected chi connectivity index (χ2v) is 5.30. The van der Waals surface area contributed by atoms with Crippen LogP contribution < -0.4 is 5.73 Å². The van der Waals surface area contributed by atoms with Crippen molar-refractivity contribution in [3.63, 3.8) is 0 Å². The van der Waals surface area contributed by atoms with Gasteiger partial charge in [-0.3, -0.25) is 4.79 Å². The summed E-state index contributed by atoms with van der Waals surface area (Å²) in [5, 5.41) is 5.57. The fourth-order valence-corrected chi connectivity index (χ4v) is 2.53. The van der Waals surface area contributed by atoms with E-state index < -0.39 is 0 Å². The molecule has 0 atom stereocenters. The Bertz CT molecular complexity index is 663. The first-order chi connectivity index (χ1) is 9.61. The number of thiophene rings is 1. The highest BCUT2D eigenvalue weighted by Gasteiger charge is 2.19. The molecule has 104 valence electrons. The molecule has 1 amide bonds. The number of carbonyl (C=O) groups excluding carboxylic acids is 1. The lowest BCUT2D eigenvalue weighted by Crippen LogP contribution is -2.25. The third-order valence-corrected chi connectivity index (χ3v) is 3.59. The Balaban J connectivity index is 2.04. The van der Waals surface area contributed by atoms with Crippen molar-refractivity contribution in [1.29, 1.82) is 0 Å². The summed E-state index contributed by atoms with van der Waals surface area (Å²) in [6.45, 7) is 2.64. The van der Waals surface area contributed by atoms with E-state index in [4.69, 9.17) is 10.3 Å². The van der Waals surface area contributed by atoms with Crippen LogP contribution >= 0.6 is 11.3 Å². The Morgan fingerprint density at radius 3 is 3.05 bits per heavy atom. The monoisotopic (exact) mass is 289 g/mol. The van der Waals surface area contributed by atoms with Crippen molar-refractivity contribution in [3.05, 3.63) is 39.4 Å².